The van der Waals surface area contributed by atoms with Crippen LogP contribution in [-0.2, 0) is 9.53 Å². The summed E-state index contributed by atoms with van der Waals surface area (Å²) in [6.45, 7) is 1.87. The summed E-state index contributed by atoms with van der Waals surface area (Å²) >= 11 is 6.35. The third kappa shape index (κ3) is 4.23. The van der Waals surface area contributed by atoms with Crippen LogP contribution in [0.5, 0.6) is 0 Å². The fraction of sp³-hybridized carbons (Fsp3) is 0.389. The minimum Gasteiger partial charge on any atom is -0.453 e. The van der Waals surface area contributed by atoms with Crippen LogP contribution in [0.1, 0.15) is 38.1 Å². The molecule has 9 heteroatoms. The van der Waals surface area contributed by atoms with Crippen molar-refractivity contribution in [3.8, 4) is 11.3 Å². The van der Waals surface area contributed by atoms with Gasteiger partial charge in [0.1, 0.15) is 16.7 Å². The number of benzene rings is 1. The van der Waals surface area contributed by atoms with Crippen LogP contribution in [0.3, 0.4) is 0 Å². The predicted octanol–water partition coefficient (Wildman–Crippen LogP) is 3.67. The maximum Gasteiger partial charge on any atom is 0.411 e. The first-order valence-corrected chi connectivity index (χ1v) is 9.08. The molecule has 27 heavy (non-hydrogen) atoms. The standard InChI is InChI=1S/C18H22ClN5O3/c1-9-4-3-5-12(20)16-23-14(15(19)24-16)11-7-6-10(21-18(26)27-2)8-13(11)22-17(9)25/h6-9,12H,3-5,20H2,1-2H3,(H,21,26)(H,22,25)(H,23,24). The number of methoxy groups -OCH3 is 1. The zero-order valence-corrected chi connectivity index (χ0v) is 15.9. The molecule has 144 valence electrons. The number of nitrogens with one attached hydrogen (secondary N) is 3. The molecule has 1 aromatic carbocycles. The van der Waals surface area contributed by atoms with Crippen molar-refractivity contribution in [2.24, 2.45) is 11.7 Å². The number of aromatic amines is 1. The van der Waals surface area contributed by atoms with Gasteiger partial charge >= 0.3 is 6.09 Å². The monoisotopic (exact) mass is 391 g/mol. The van der Waals surface area contributed by atoms with Gasteiger partial charge in [0.15, 0.2) is 0 Å². The van der Waals surface area contributed by atoms with Gasteiger partial charge in [-0.25, -0.2) is 9.78 Å². The summed E-state index contributed by atoms with van der Waals surface area (Å²) in [4.78, 5) is 31.7. The fourth-order valence-corrected chi connectivity index (χ4v) is 3.23. The van der Waals surface area contributed by atoms with E-state index in [1.165, 1.54) is 7.11 Å². The second kappa shape index (κ2) is 7.98. The Kier molecular flexibility index (Phi) is 5.67. The number of amides is 2. The van der Waals surface area contributed by atoms with Gasteiger partial charge in [-0.3, -0.25) is 10.1 Å². The van der Waals surface area contributed by atoms with E-state index < -0.39 is 6.09 Å². The van der Waals surface area contributed by atoms with Gasteiger partial charge < -0.3 is 20.8 Å². The quantitative estimate of drug-likeness (QED) is 0.590. The van der Waals surface area contributed by atoms with Gasteiger partial charge in [0.05, 0.1) is 18.8 Å². The van der Waals surface area contributed by atoms with Crippen molar-refractivity contribution < 1.29 is 14.3 Å². The Hall–Kier alpha value is -2.58. The maximum atomic E-state index is 12.6. The van der Waals surface area contributed by atoms with E-state index in [4.69, 9.17) is 17.3 Å². The Labute approximate surface area is 161 Å². The maximum absolute atomic E-state index is 12.6. The normalized spacial score (nSPS) is 19.9. The minimum atomic E-state index is -0.603. The van der Waals surface area contributed by atoms with E-state index in [2.05, 4.69) is 25.3 Å². The smallest absolute Gasteiger partial charge is 0.411 e. The second-order valence-corrected chi connectivity index (χ2v) is 6.97. The molecule has 8 nitrogen and oxygen atoms in total. The number of imidazole rings is 1. The van der Waals surface area contributed by atoms with Crippen LogP contribution in [0.2, 0.25) is 5.15 Å². The molecule has 1 aliphatic rings. The largest absolute Gasteiger partial charge is 0.453 e. The van der Waals surface area contributed by atoms with Crippen molar-refractivity contribution in [1.82, 2.24) is 9.97 Å². The molecular weight excluding hydrogens is 370 g/mol. The number of halogens is 1. The van der Waals surface area contributed by atoms with Crippen LogP contribution in [0, 0.1) is 5.92 Å². The van der Waals surface area contributed by atoms with Crippen LogP contribution in [0.15, 0.2) is 18.2 Å². The highest BCUT2D eigenvalue weighted by Gasteiger charge is 2.22. The van der Waals surface area contributed by atoms with Gasteiger partial charge in [0.2, 0.25) is 5.91 Å². The molecular formula is C18H22ClN5O3. The van der Waals surface area contributed by atoms with Crippen molar-refractivity contribution in [2.45, 2.75) is 32.2 Å². The highest BCUT2D eigenvalue weighted by molar-refractivity contribution is 6.32. The van der Waals surface area contributed by atoms with E-state index in [1.54, 1.807) is 18.2 Å². The lowest BCUT2D eigenvalue weighted by atomic mass is 9.99. The summed E-state index contributed by atoms with van der Waals surface area (Å²) in [6, 6.07) is 4.78. The number of carbonyl (C=O) groups is 2. The van der Waals surface area contributed by atoms with Crippen molar-refractivity contribution in [1.29, 1.82) is 0 Å². The number of H-pyrrole nitrogens is 1. The molecule has 2 unspecified atom stereocenters. The lowest BCUT2D eigenvalue weighted by Gasteiger charge is -2.17. The summed E-state index contributed by atoms with van der Waals surface area (Å²) in [6.07, 6.45) is 1.60. The summed E-state index contributed by atoms with van der Waals surface area (Å²) in [5.74, 6) is 0.309. The van der Waals surface area contributed by atoms with Gasteiger partial charge in [-0.1, -0.05) is 24.9 Å². The Balaban J connectivity index is 2.08. The van der Waals surface area contributed by atoms with Crippen LogP contribution in [0.25, 0.3) is 11.3 Å². The third-order valence-corrected chi connectivity index (χ3v) is 4.87. The molecule has 2 atom stereocenters. The summed E-state index contributed by atoms with van der Waals surface area (Å²) in [5, 5.41) is 5.85. The number of fused-ring (bicyclic) bond motifs is 4. The molecule has 0 saturated carbocycles. The van der Waals surface area contributed by atoms with Gasteiger partial charge in [0, 0.05) is 17.2 Å². The van der Waals surface area contributed by atoms with Crippen LogP contribution in [-0.4, -0.2) is 29.1 Å². The Bertz CT molecular complexity index is 867. The first kappa shape index (κ1) is 19.2. The van der Waals surface area contributed by atoms with E-state index >= 15 is 0 Å². The van der Waals surface area contributed by atoms with Gasteiger partial charge in [0.25, 0.3) is 0 Å². The summed E-state index contributed by atoms with van der Waals surface area (Å²) in [5.41, 5.74) is 8.31. The lowest BCUT2D eigenvalue weighted by molar-refractivity contribution is -0.119. The van der Waals surface area contributed by atoms with E-state index in [0.29, 0.717) is 46.5 Å². The molecule has 0 saturated heterocycles. The number of aromatic nitrogens is 2. The SMILES string of the molecule is COC(=O)Nc1ccc2c(c1)NC(=O)C(C)CCCC(N)c1nc-2c(Cl)[nH]1. The Morgan fingerprint density at radius 3 is 2.93 bits per heavy atom. The molecule has 2 heterocycles. The van der Waals surface area contributed by atoms with Crippen LogP contribution in [0.4, 0.5) is 16.2 Å². The van der Waals surface area contributed by atoms with Crippen molar-refractivity contribution in [2.75, 3.05) is 17.7 Å². The zero-order chi connectivity index (χ0) is 19.6. The minimum absolute atomic E-state index is 0.118. The summed E-state index contributed by atoms with van der Waals surface area (Å²) < 4.78 is 4.61. The van der Waals surface area contributed by atoms with E-state index in [0.717, 1.165) is 6.42 Å². The molecule has 0 aliphatic carbocycles. The van der Waals surface area contributed by atoms with E-state index in [1.807, 2.05) is 6.92 Å². The predicted molar refractivity (Wildman–Crippen MR) is 104 cm³/mol. The molecule has 1 aliphatic heterocycles. The number of ether oxygens (including phenoxy) is 1. The topological polar surface area (TPSA) is 122 Å². The zero-order valence-electron chi connectivity index (χ0n) is 15.1. The van der Waals surface area contributed by atoms with Gasteiger partial charge in [-0.05, 0) is 31.0 Å². The number of rotatable bonds is 1. The average molecular weight is 392 g/mol. The fourth-order valence-electron chi connectivity index (χ4n) is 2.99. The molecule has 3 rings (SSSR count). The first-order chi connectivity index (χ1) is 12.9. The number of hydrogen-bond acceptors (Lipinski definition) is 5. The van der Waals surface area contributed by atoms with Crippen molar-refractivity contribution >= 4 is 35.0 Å². The first-order valence-electron chi connectivity index (χ1n) is 8.70. The lowest BCUT2D eigenvalue weighted by Crippen LogP contribution is -2.22. The van der Waals surface area contributed by atoms with E-state index in [-0.39, 0.29) is 17.9 Å². The Morgan fingerprint density at radius 1 is 1.41 bits per heavy atom. The summed E-state index contributed by atoms with van der Waals surface area (Å²) in [7, 11) is 1.28. The number of anilines is 2. The third-order valence-electron chi connectivity index (χ3n) is 4.59. The molecule has 1 aromatic heterocycles. The van der Waals surface area contributed by atoms with Gasteiger partial charge in [-0.15, -0.1) is 0 Å². The number of hydrogen-bond donors (Lipinski definition) is 4. The van der Waals surface area contributed by atoms with E-state index in [9.17, 15) is 9.59 Å². The van der Waals surface area contributed by atoms with Crippen molar-refractivity contribution in [3.05, 3.63) is 29.2 Å². The molecule has 0 radical (unpaired) electrons. The molecule has 0 spiro atoms. The second-order valence-electron chi connectivity index (χ2n) is 6.59. The van der Waals surface area contributed by atoms with Crippen LogP contribution < -0.4 is 16.4 Å². The molecule has 5 N–H and O–H groups in total. The van der Waals surface area contributed by atoms with Crippen LogP contribution >= 0.6 is 11.6 Å². The number of nitrogens with two attached hydrogens (primary N) is 1. The Morgan fingerprint density at radius 2 is 2.19 bits per heavy atom. The van der Waals surface area contributed by atoms with Crippen molar-refractivity contribution in [3.63, 3.8) is 0 Å². The van der Waals surface area contributed by atoms with Gasteiger partial charge in [-0.2, -0.15) is 0 Å². The number of carbonyl (C=O) groups excluding carboxylic acids is 2. The molecule has 0 fully saturated rings. The highest BCUT2D eigenvalue weighted by Crippen LogP contribution is 2.36. The average Bonchev–Trinajstić information content (AvgIpc) is 3.02. The highest BCUT2D eigenvalue weighted by atomic mass is 35.5. The molecule has 2 bridgehead atoms. The number of nitrogens with zero attached hydrogens (tertiary/aromatic N) is 1. The molecule has 2 aromatic rings. The molecule has 2 amide bonds.